The van der Waals surface area contributed by atoms with Crippen molar-refractivity contribution in [2.75, 3.05) is 56.0 Å². The Balaban J connectivity index is 0.00000370. The molecule has 5 rings (SSSR count). The van der Waals surface area contributed by atoms with Gasteiger partial charge in [-0.25, -0.2) is 17.8 Å². The number of nitrogens with zero attached hydrogens (tertiary/aromatic N) is 3. The molecule has 0 unspecified atom stereocenters. The molecule has 0 bridgehead atoms. The topological polar surface area (TPSA) is 104 Å². The summed E-state index contributed by atoms with van der Waals surface area (Å²) in [6, 6.07) is 16.7. The smallest absolute Gasteiger partial charge is 0.261 e. The number of carbonyl (C=O) groups is 1. The summed E-state index contributed by atoms with van der Waals surface area (Å²) in [5.41, 5.74) is 1.55. The van der Waals surface area contributed by atoms with Gasteiger partial charge >= 0.3 is 0 Å². The number of anilines is 2. The molecule has 1 aliphatic rings. The lowest BCUT2D eigenvalue weighted by Crippen LogP contribution is -2.48. The Morgan fingerprint density at radius 2 is 1.80 bits per heavy atom. The second-order valence-corrected chi connectivity index (χ2v) is 11.7. The Hall–Kier alpha value is -3.45. The molecular formula is C27H29ClFN5O4S2. The first-order valence-corrected chi connectivity index (χ1v) is 14.7. The van der Waals surface area contributed by atoms with Crippen molar-refractivity contribution in [3.05, 3.63) is 78.1 Å². The minimum absolute atomic E-state index is 0. The monoisotopic (exact) mass is 605 g/mol. The van der Waals surface area contributed by atoms with Crippen LogP contribution in [-0.2, 0) is 10.0 Å². The second kappa shape index (κ2) is 12.8. The molecule has 0 saturated carbocycles. The van der Waals surface area contributed by atoms with E-state index in [0.717, 1.165) is 59.4 Å². The van der Waals surface area contributed by atoms with Gasteiger partial charge in [0.1, 0.15) is 11.6 Å². The number of rotatable bonds is 9. The van der Waals surface area contributed by atoms with E-state index < -0.39 is 15.8 Å². The van der Waals surface area contributed by atoms with E-state index in [4.69, 9.17) is 9.72 Å². The molecule has 2 N–H and O–H groups in total. The molecule has 1 aromatic heterocycles. The maximum atomic E-state index is 13.1. The van der Waals surface area contributed by atoms with Crippen LogP contribution in [-0.4, -0.2) is 70.6 Å². The molecule has 1 aliphatic heterocycles. The van der Waals surface area contributed by atoms with Gasteiger partial charge in [-0.05, 0) is 60.7 Å². The lowest BCUT2D eigenvalue weighted by molar-refractivity contribution is 0.0947. The highest BCUT2D eigenvalue weighted by molar-refractivity contribution is 7.92. The third kappa shape index (κ3) is 7.00. The third-order valence-electron chi connectivity index (χ3n) is 6.44. The van der Waals surface area contributed by atoms with Crippen LogP contribution in [0.4, 0.5) is 15.2 Å². The number of ether oxygens (including phenoxy) is 1. The van der Waals surface area contributed by atoms with Crippen LogP contribution >= 0.6 is 23.7 Å². The van der Waals surface area contributed by atoms with Crippen LogP contribution in [0.3, 0.4) is 0 Å². The van der Waals surface area contributed by atoms with Crippen molar-refractivity contribution < 1.29 is 22.3 Å². The number of sulfonamides is 1. The average Bonchev–Trinajstić information content (AvgIpc) is 3.37. The van der Waals surface area contributed by atoms with Crippen molar-refractivity contribution in [1.29, 1.82) is 0 Å². The number of carbonyl (C=O) groups excluding carboxylic acids is 1. The van der Waals surface area contributed by atoms with Crippen molar-refractivity contribution in [1.82, 2.24) is 15.2 Å². The van der Waals surface area contributed by atoms with Crippen molar-refractivity contribution in [3.8, 4) is 5.75 Å². The molecular weight excluding hydrogens is 577 g/mol. The molecule has 13 heteroatoms. The molecule has 0 aliphatic carbocycles. The molecule has 212 valence electrons. The van der Waals surface area contributed by atoms with E-state index in [1.54, 1.807) is 36.6 Å². The molecule has 1 amide bonds. The summed E-state index contributed by atoms with van der Waals surface area (Å²) in [5, 5.41) is 3.91. The Bertz CT molecular complexity index is 1580. The zero-order chi connectivity index (χ0) is 27.4. The summed E-state index contributed by atoms with van der Waals surface area (Å²) in [7, 11) is -2.25. The summed E-state index contributed by atoms with van der Waals surface area (Å²) in [6.45, 7) is 4.58. The van der Waals surface area contributed by atoms with Gasteiger partial charge in [0, 0.05) is 50.5 Å². The number of hydrogen-bond donors (Lipinski definition) is 2. The van der Waals surface area contributed by atoms with E-state index in [1.165, 1.54) is 18.2 Å². The van der Waals surface area contributed by atoms with Gasteiger partial charge < -0.3 is 15.0 Å². The number of methoxy groups -OCH3 is 1. The molecule has 0 spiro atoms. The van der Waals surface area contributed by atoms with Crippen LogP contribution in [0.2, 0.25) is 0 Å². The molecule has 1 saturated heterocycles. The first-order chi connectivity index (χ1) is 18.8. The zero-order valence-corrected chi connectivity index (χ0v) is 24.1. The van der Waals surface area contributed by atoms with E-state index in [0.29, 0.717) is 18.7 Å². The number of fused-ring (bicyclic) bond motifs is 1. The van der Waals surface area contributed by atoms with E-state index in [-0.39, 0.29) is 28.9 Å². The maximum absolute atomic E-state index is 13.1. The van der Waals surface area contributed by atoms with Gasteiger partial charge in [-0.2, -0.15) is 0 Å². The first kappa shape index (κ1) is 29.5. The Morgan fingerprint density at radius 3 is 2.52 bits per heavy atom. The normalized spacial score (nSPS) is 14.0. The number of aromatic nitrogens is 1. The Kier molecular flexibility index (Phi) is 9.46. The van der Waals surface area contributed by atoms with E-state index in [2.05, 4.69) is 19.8 Å². The highest BCUT2D eigenvalue weighted by Crippen LogP contribution is 2.31. The number of halogens is 2. The van der Waals surface area contributed by atoms with Crippen molar-refractivity contribution in [2.45, 2.75) is 4.90 Å². The molecule has 0 atom stereocenters. The van der Waals surface area contributed by atoms with Gasteiger partial charge in [0.05, 0.1) is 22.2 Å². The molecule has 4 aromatic rings. The molecule has 40 heavy (non-hydrogen) atoms. The summed E-state index contributed by atoms with van der Waals surface area (Å²) in [4.78, 5) is 22.0. The largest absolute Gasteiger partial charge is 0.497 e. The van der Waals surface area contributed by atoms with E-state index >= 15 is 0 Å². The average molecular weight is 606 g/mol. The minimum atomic E-state index is -3.91. The van der Waals surface area contributed by atoms with Crippen LogP contribution in [0.25, 0.3) is 10.2 Å². The lowest BCUT2D eigenvalue weighted by atomic mass is 10.2. The molecule has 9 nitrogen and oxygen atoms in total. The number of nitrogens with one attached hydrogen (secondary N) is 2. The van der Waals surface area contributed by atoms with E-state index in [9.17, 15) is 17.6 Å². The van der Waals surface area contributed by atoms with Crippen molar-refractivity contribution in [2.24, 2.45) is 0 Å². The van der Waals surface area contributed by atoms with Crippen LogP contribution in [0.15, 0.2) is 71.6 Å². The van der Waals surface area contributed by atoms with Gasteiger partial charge in [-0.15, -0.1) is 12.4 Å². The summed E-state index contributed by atoms with van der Waals surface area (Å²) in [6.07, 6.45) is 0. The van der Waals surface area contributed by atoms with E-state index in [1.807, 2.05) is 18.2 Å². The van der Waals surface area contributed by atoms with Crippen LogP contribution in [0, 0.1) is 5.82 Å². The minimum Gasteiger partial charge on any atom is -0.497 e. The van der Waals surface area contributed by atoms with Gasteiger partial charge in [0.15, 0.2) is 5.13 Å². The van der Waals surface area contributed by atoms with Gasteiger partial charge in [-0.3, -0.25) is 14.4 Å². The fraction of sp³-hybridized carbons (Fsp3) is 0.259. The van der Waals surface area contributed by atoms with Crippen molar-refractivity contribution in [3.63, 3.8) is 0 Å². The number of piperazine rings is 1. The quantitative estimate of drug-likeness (QED) is 0.294. The summed E-state index contributed by atoms with van der Waals surface area (Å²) >= 11 is 1.66. The predicted molar refractivity (Wildman–Crippen MR) is 158 cm³/mol. The zero-order valence-electron chi connectivity index (χ0n) is 21.7. The predicted octanol–water partition coefficient (Wildman–Crippen LogP) is 4.22. The van der Waals surface area contributed by atoms with Crippen LogP contribution in [0.1, 0.15) is 10.4 Å². The molecule has 3 aromatic carbocycles. The van der Waals surface area contributed by atoms with Crippen LogP contribution < -0.4 is 19.7 Å². The summed E-state index contributed by atoms with van der Waals surface area (Å²) in [5.74, 6) is 0.00743. The lowest BCUT2D eigenvalue weighted by Gasteiger charge is -2.34. The molecule has 0 radical (unpaired) electrons. The highest BCUT2D eigenvalue weighted by atomic mass is 35.5. The number of amides is 1. The van der Waals surface area contributed by atoms with Gasteiger partial charge in [0.25, 0.3) is 15.9 Å². The second-order valence-electron chi connectivity index (χ2n) is 9.05. The maximum Gasteiger partial charge on any atom is 0.261 e. The third-order valence-corrected chi connectivity index (χ3v) is 8.92. The first-order valence-electron chi connectivity index (χ1n) is 12.4. The van der Waals surface area contributed by atoms with Crippen LogP contribution in [0.5, 0.6) is 5.75 Å². The molecule has 1 fully saturated rings. The fourth-order valence-corrected chi connectivity index (χ4v) is 6.39. The van der Waals surface area contributed by atoms with Crippen molar-refractivity contribution >= 4 is 60.7 Å². The Labute approximate surface area is 242 Å². The standard InChI is InChI=1S/C27H28FN5O4S2.ClH/c1-37-22-7-10-24-25(18-22)38-27(30-24)33-15-13-32(14-16-33)12-11-29-26(34)19-3-2-4-21(17-19)31-39(35,36)23-8-5-20(28)6-9-23;/h2-10,17-18,31H,11-16H2,1H3,(H,29,34);1H. The number of hydrogen-bond acceptors (Lipinski definition) is 8. The summed E-state index contributed by atoms with van der Waals surface area (Å²) < 4.78 is 47.1. The fourth-order valence-electron chi connectivity index (χ4n) is 4.30. The number of benzene rings is 3. The Morgan fingerprint density at radius 1 is 1.05 bits per heavy atom. The van der Waals surface area contributed by atoms with Gasteiger partial charge in [0.2, 0.25) is 0 Å². The highest BCUT2D eigenvalue weighted by Gasteiger charge is 2.20. The SMILES string of the molecule is COc1ccc2nc(N3CCN(CCNC(=O)c4cccc(NS(=O)(=O)c5ccc(F)cc5)c4)CC3)sc2c1.Cl. The molecule has 2 heterocycles. The number of thiazole rings is 1. The van der Waals surface area contributed by atoms with Gasteiger partial charge in [-0.1, -0.05) is 17.4 Å².